The topological polar surface area (TPSA) is 9.23 Å². The van der Waals surface area contributed by atoms with Crippen molar-refractivity contribution in [2.24, 2.45) is 0 Å². The smallest absolute Gasteiger partial charge is 0.406 e. The molecule has 0 heterocycles. The second-order valence-corrected chi connectivity index (χ2v) is 3.10. The molecule has 0 N–H and O–H groups in total. The lowest BCUT2D eigenvalue weighted by Crippen LogP contribution is -2.17. The Balaban J connectivity index is 2.87. The molecule has 0 spiro atoms. The normalized spacial score (nSPS) is 12.1. The van der Waals surface area contributed by atoms with E-state index in [2.05, 4.69) is 4.74 Å². The number of rotatable bonds is 3. The van der Waals surface area contributed by atoms with Crippen LogP contribution in [-0.2, 0) is 0 Å². The van der Waals surface area contributed by atoms with Gasteiger partial charge < -0.3 is 4.74 Å². The lowest BCUT2D eigenvalue weighted by molar-refractivity contribution is -0.274. The molecule has 0 aliphatic rings. The van der Waals surface area contributed by atoms with Crippen molar-refractivity contribution in [1.29, 1.82) is 0 Å². The number of halogens is 5. The van der Waals surface area contributed by atoms with Crippen LogP contribution in [0.5, 0.6) is 5.75 Å². The lowest BCUT2D eigenvalue weighted by Gasteiger charge is -2.09. The summed E-state index contributed by atoms with van der Waals surface area (Å²) in [5.41, 5.74) is 0.148. The molecule has 0 unspecified atom stereocenters. The van der Waals surface area contributed by atoms with Crippen LogP contribution in [0.15, 0.2) is 24.3 Å². The minimum absolute atomic E-state index is 0.148. The highest BCUT2D eigenvalue weighted by Crippen LogP contribution is 2.24. The van der Waals surface area contributed by atoms with Crippen LogP contribution in [0.3, 0.4) is 0 Å². The van der Waals surface area contributed by atoms with E-state index in [1.54, 1.807) is 0 Å². The highest BCUT2D eigenvalue weighted by molar-refractivity contribution is 6.19. The fourth-order valence-electron chi connectivity index (χ4n) is 1.01. The summed E-state index contributed by atoms with van der Waals surface area (Å²) in [7, 11) is 0. The molecule has 0 fully saturated rings. The van der Waals surface area contributed by atoms with Crippen molar-refractivity contribution < 1.29 is 22.3 Å². The third-order valence-corrected chi connectivity index (χ3v) is 1.77. The Kier molecular flexibility index (Phi) is 4.18. The molecule has 1 aromatic carbocycles. The maximum atomic E-state index is 13.2. The zero-order valence-corrected chi connectivity index (χ0v) is 8.65. The van der Waals surface area contributed by atoms with Crippen LogP contribution >= 0.6 is 11.6 Å². The molecule has 1 nitrogen and oxygen atoms in total. The van der Waals surface area contributed by atoms with Crippen LogP contribution < -0.4 is 4.74 Å². The van der Waals surface area contributed by atoms with Gasteiger partial charge in [0.15, 0.2) is 0 Å². The minimum atomic E-state index is -4.82. The van der Waals surface area contributed by atoms with Gasteiger partial charge in [0.1, 0.15) is 11.6 Å². The van der Waals surface area contributed by atoms with E-state index in [9.17, 15) is 17.6 Å². The van der Waals surface area contributed by atoms with Crippen LogP contribution in [0, 0.1) is 5.82 Å². The zero-order chi connectivity index (χ0) is 12.2. The first-order valence-electron chi connectivity index (χ1n) is 4.20. The Labute approximate surface area is 94.3 Å². The largest absolute Gasteiger partial charge is 0.573 e. The molecule has 0 atom stereocenters. The number of ether oxygens (including phenoxy) is 1. The Bertz CT molecular complexity index is 387. The average Bonchev–Trinajstić information content (AvgIpc) is 2.14. The molecule has 88 valence electrons. The summed E-state index contributed by atoms with van der Waals surface area (Å²) in [6.07, 6.45) is -1.97. The van der Waals surface area contributed by atoms with Gasteiger partial charge in [-0.2, -0.15) is 0 Å². The molecule has 6 heteroatoms. The van der Waals surface area contributed by atoms with Gasteiger partial charge in [-0.3, -0.25) is 0 Å². The number of hydrogen-bond acceptors (Lipinski definition) is 1. The summed E-state index contributed by atoms with van der Waals surface area (Å²) in [5.74, 6) is -1.20. The van der Waals surface area contributed by atoms with Gasteiger partial charge in [0, 0.05) is 17.5 Å². The molecule has 0 saturated heterocycles. The van der Waals surface area contributed by atoms with Crippen LogP contribution in [0.4, 0.5) is 17.6 Å². The molecule has 0 amide bonds. The quantitative estimate of drug-likeness (QED) is 0.586. The van der Waals surface area contributed by atoms with Gasteiger partial charge in [-0.15, -0.1) is 24.8 Å². The molecular weight excluding hydrogens is 248 g/mol. The van der Waals surface area contributed by atoms with Crippen molar-refractivity contribution in [3.63, 3.8) is 0 Å². The summed E-state index contributed by atoms with van der Waals surface area (Å²) in [4.78, 5) is 0. The standard InChI is InChI=1S/C10H7ClF4O/c11-5-1-2-7-3-4-8(6-9(7)12)16-10(13,14)15/h1-4,6H,5H2. The van der Waals surface area contributed by atoms with Crippen molar-refractivity contribution in [2.75, 3.05) is 5.88 Å². The van der Waals surface area contributed by atoms with Gasteiger partial charge in [0.05, 0.1) is 0 Å². The van der Waals surface area contributed by atoms with Gasteiger partial charge in [0.25, 0.3) is 0 Å². The van der Waals surface area contributed by atoms with Gasteiger partial charge in [-0.1, -0.05) is 12.2 Å². The maximum absolute atomic E-state index is 13.2. The molecule has 0 aliphatic heterocycles. The Morgan fingerprint density at radius 3 is 2.50 bits per heavy atom. The molecule has 1 aromatic rings. The predicted octanol–water partition coefficient (Wildman–Crippen LogP) is 3.98. The third kappa shape index (κ3) is 4.10. The molecule has 0 radical (unpaired) electrons. The average molecular weight is 255 g/mol. The molecule has 0 saturated carbocycles. The van der Waals surface area contributed by atoms with Crippen LogP contribution in [-0.4, -0.2) is 12.2 Å². The highest BCUT2D eigenvalue weighted by Gasteiger charge is 2.31. The molecule has 0 aliphatic carbocycles. The number of alkyl halides is 4. The van der Waals surface area contributed by atoms with Crippen LogP contribution in [0.25, 0.3) is 6.08 Å². The third-order valence-electron chi connectivity index (χ3n) is 1.59. The van der Waals surface area contributed by atoms with Gasteiger partial charge in [-0.25, -0.2) is 4.39 Å². The Morgan fingerprint density at radius 1 is 1.31 bits per heavy atom. The monoisotopic (exact) mass is 254 g/mol. The van der Waals surface area contributed by atoms with Crippen molar-refractivity contribution >= 4 is 17.7 Å². The maximum Gasteiger partial charge on any atom is 0.573 e. The first kappa shape index (κ1) is 12.8. The van der Waals surface area contributed by atoms with Gasteiger partial charge in [0.2, 0.25) is 0 Å². The van der Waals surface area contributed by atoms with E-state index < -0.39 is 17.9 Å². The summed E-state index contributed by atoms with van der Waals surface area (Å²) in [6.45, 7) is 0. The van der Waals surface area contributed by atoms with Crippen molar-refractivity contribution in [3.05, 3.63) is 35.7 Å². The van der Waals surface area contributed by atoms with E-state index in [-0.39, 0.29) is 11.4 Å². The summed E-state index contributed by atoms with van der Waals surface area (Å²) >= 11 is 5.34. The van der Waals surface area contributed by atoms with Crippen LogP contribution in [0.2, 0.25) is 0 Å². The predicted molar refractivity (Wildman–Crippen MR) is 52.8 cm³/mol. The van der Waals surface area contributed by atoms with Crippen molar-refractivity contribution in [2.45, 2.75) is 6.36 Å². The lowest BCUT2D eigenvalue weighted by atomic mass is 10.2. The van der Waals surface area contributed by atoms with Crippen LogP contribution in [0.1, 0.15) is 5.56 Å². The van der Waals surface area contributed by atoms with Crippen molar-refractivity contribution in [1.82, 2.24) is 0 Å². The van der Waals surface area contributed by atoms with E-state index in [4.69, 9.17) is 11.6 Å². The summed E-state index contributed by atoms with van der Waals surface area (Å²) in [6, 6.07) is 2.88. The van der Waals surface area contributed by atoms with E-state index in [0.717, 1.165) is 6.07 Å². The van der Waals surface area contributed by atoms with E-state index >= 15 is 0 Å². The first-order chi connectivity index (χ1) is 7.42. The molecule has 0 bridgehead atoms. The molecule has 0 aromatic heterocycles. The van der Waals surface area contributed by atoms with Gasteiger partial charge >= 0.3 is 6.36 Å². The van der Waals surface area contributed by atoms with E-state index in [0.29, 0.717) is 6.07 Å². The van der Waals surface area contributed by atoms with Crippen molar-refractivity contribution in [3.8, 4) is 5.75 Å². The number of allylic oxidation sites excluding steroid dienone is 1. The number of benzene rings is 1. The SMILES string of the molecule is Fc1cc(OC(F)(F)F)ccc1C=CCCl. The van der Waals surface area contributed by atoms with E-state index in [1.807, 2.05) is 0 Å². The zero-order valence-electron chi connectivity index (χ0n) is 7.89. The first-order valence-corrected chi connectivity index (χ1v) is 4.73. The summed E-state index contributed by atoms with van der Waals surface area (Å²) in [5, 5.41) is 0. The van der Waals surface area contributed by atoms with E-state index in [1.165, 1.54) is 18.2 Å². The fourth-order valence-corrected chi connectivity index (χ4v) is 1.10. The second-order valence-electron chi connectivity index (χ2n) is 2.79. The van der Waals surface area contributed by atoms with Gasteiger partial charge in [-0.05, 0) is 12.1 Å². The fraction of sp³-hybridized carbons (Fsp3) is 0.200. The Morgan fingerprint density at radius 2 is 2.00 bits per heavy atom. The minimum Gasteiger partial charge on any atom is -0.406 e. The second kappa shape index (κ2) is 5.21. The molecular formula is C10H7ClF4O. The summed E-state index contributed by atoms with van der Waals surface area (Å²) < 4.78 is 52.2. The Hall–Kier alpha value is -1.23. The highest BCUT2D eigenvalue weighted by atomic mass is 35.5. The molecule has 1 rings (SSSR count). The number of hydrogen-bond donors (Lipinski definition) is 0. The molecule has 16 heavy (non-hydrogen) atoms.